The molecule has 2 heteroatoms. The summed E-state index contributed by atoms with van der Waals surface area (Å²) in [5.74, 6) is 1.03. The molecule has 0 aliphatic carbocycles. The van der Waals surface area contributed by atoms with Gasteiger partial charge in [0.1, 0.15) is 5.76 Å². The summed E-state index contributed by atoms with van der Waals surface area (Å²) in [4.78, 5) is 0. The predicted molar refractivity (Wildman–Crippen MR) is 64.8 cm³/mol. The third kappa shape index (κ3) is 2.27. The topological polar surface area (TPSA) is 18.5 Å². The van der Waals surface area contributed by atoms with Crippen molar-refractivity contribution in [2.24, 2.45) is 0 Å². The molecule has 0 saturated heterocycles. The first-order valence-electron chi connectivity index (χ1n) is 5.84. The van der Waals surface area contributed by atoms with Gasteiger partial charge in [0.05, 0.1) is 0 Å². The molecular formula is C14H18O2. The second-order valence-electron chi connectivity index (χ2n) is 4.03. The Kier molecular flexibility index (Phi) is 3.62. The lowest BCUT2D eigenvalue weighted by Crippen LogP contribution is -2.12. The van der Waals surface area contributed by atoms with E-state index in [1.54, 1.807) is 7.11 Å². The quantitative estimate of drug-likeness (QED) is 0.763. The van der Waals surface area contributed by atoms with Crippen molar-refractivity contribution in [2.45, 2.75) is 32.5 Å². The highest BCUT2D eigenvalue weighted by Gasteiger charge is 2.20. The summed E-state index contributed by atoms with van der Waals surface area (Å²) in [5.41, 5.74) is 2.33. The Balaban J connectivity index is 2.24. The number of allylic oxidation sites excluding steroid dienone is 1. The second-order valence-corrected chi connectivity index (χ2v) is 4.03. The van der Waals surface area contributed by atoms with Crippen molar-refractivity contribution in [1.82, 2.24) is 0 Å². The van der Waals surface area contributed by atoms with Gasteiger partial charge in [-0.25, -0.2) is 0 Å². The molecule has 0 fully saturated rings. The van der Waals surface area contributed by atoms with Gasteiger partial charge in [0.2, 0.25) is 6.29 Å². The maximum absolute atomic E-state index is 5.80. The molecule has 0 N–H and O–H groups in total. The lowest BCUT2D eigenvalue weighted by molar-refractivity contribution is -0.101. The van der Waals surface area contributed by atoms with Gasteiger partial charge in [-0.1, -0.05) is 37.6 Å². The summed E-state index contributed by atoms with van der Waals surface area (Å²) in [6, 6.07) is 8.22. The molecule has 1 aromatic rings. The zero-order chi connectivity index (χ0) is 11.4. The third-order valence-electron chi connectivity index (χ3n) is 2.82. The van der Waals surface area contributed by atoms with E-state index >= 15 is 0 Å². The van der Waals surface area contributed by atoms with Crippen LogP contribution in [0.25, 0.3) is 6.08 Å². The SMILES string of the molecule is CCCCC1=Cc2ccccc2[C@@H](OC)O1. The minimum Gasteiger partial charge on any atom is -0.465 e. The van der Waals surface area contributed by atoms with E-state index in [0.717, 1.165) is 24.2 Å². The van der Waals surface area contributed by atoms with Crippen LogP contribution in [-0.2, 0) is 9.47 Å². The van der Waals surface area contributed by atoms with Gasteiger partial charge in [-0.05, 0) is 18.1 Å². The van der Waals surface area contributed by atoms with Crippen LogP contribution < -0.4 is 0 Å². The van der Waals surface area contributed by atoms with Crippen molar-refractivity contribution in [3.63, 3.8) is 0 Å². The zero-order valence-electron chi connectivity index (χ0n) is 9.90. The molecule has 1 atom stereocenters. The maximum atomic E-state index is 5.80. The molecule has 1 aliphatic rings. The first kappa shape index (κ1) is 11.2. The fourth-order valence-corrected chi connectivity index (χ4v) is 1.92. The molecule has 0 bridgehead atoms. The van der Waals surface area contributed by atoms with E-state index in [2.05, 4.69) is 25.1 Å². The Morgan fingerprint density at radius 3 is 2.88 bits per heavy atom. The molecule has 0 amide bonds. The zero-order valence-corrected chi connectivity index (χ0v) is 9.90. The minimum atomic E-state index is -0.243. The number of rotatable bonds is 4. The van der Waals surface area contributed by atoms with Crippen molar-refractivity contribution in [2.75, 3.05) is 7.11 Å². The summed E-state index contributed by atoms with van der Waals surface area (Å²) in [6.07, 6.45) is 5.21. The number of hydrogen-bond acceptors (Lipinski definition) is 2. The van der Waals surface area contributed by atoms with Crippen LogP contribution in [0.5, 0.6) is 0 Å². The summed E-state index contributed by atoms with van der Waals surface area (Å²) in [7, 11) is 1.68. The van der Waals surface area contributed by atoms with Crippen LogP contribution in [0.4, 0.5) is 0 Å². The highest BCUT2D eigenvalue weighted by atomic mass is 16.7. The fourth-order valence-electron chi connectivity index (χ4n) is 1.92. The van der Waals surface area contributed by atoms with Crippen molar-refractivity contribution >= 4 is 6.08 Å². The van der Waals surface area contributed by atoms with Gasteiger partial charge in [0.15, 0.2) is 0 Å². The Morgan fingerprint density at radius 2 is 2.12 bits per heavy atom. The minimum absolute atomic E-state index is 0.243. The van der Waals surface area contributed by atoms with Crippen LogP contribution >= 0.6 is 0 Å². The summed E-state index contributed by atoms with van der Waals surface area (Å²) >= 11 is 0. The molecule has 0 saturated carbocycles. The molecular weight excluding hydrogens is 200 g/mol. The first-order valence-corrected chi connectivity index (χ1v) is 5.84. The molecule has 86 valence electrons. The Hall–Kier alpha value is -1.28. The third-order valence-corrected chi connectivity index (χ3v) is 2.82. The fraction of sp³-hybridized carbons (Fsp3) is 0.429. The molecule has 16 heavy (non-hydrogen) atoms. The smallest absolute Gasteiger partial charge is 0.226 e. The average Bonchev–Trinajstić information content (AvgIpc) is 2.35. The van der Waals surface area contributed by atoms with Crippen LogP contribution in [0, 0.1) is 0 Å². The number of ether oxygens (including phenoxy) is 2. The van der Waals surface area contributed by atoms with Gasteiger partial charge in [0, 0.05) is 19.1 Å². The number of hydrogen-bond donors (Lipinski definition) is 0. The molecule has 1 aromatic carbocycles. The van der Waals surface area contributed by atoms with E-state index in [0.29, 0.717) is 0 Å². The van der Waals surface area contributed by atoms with Gasteiger partial charge in [-0.15, -0.1) is 0 Å². The molecule has 0 aromatic heterocycles. The summed E-state index contributed by atoms with van der Waals surface area (Å²) < 4.78 is 11.2. The standard InChI is InChI=1S/C14H18O2/c1-3-4-8-12-10-11-7-5-6-9-13(11)14(15-2)16-12/h5-7,9-10,14H,3-4,8H2,1-2H3/t14-/m0/s1. The molecule has 0 unspecified atom stereocenters. The molecule has 0 spiro atoms. The molecule has 2 nitrogen and oxygen atoms in total. The van der Waals surface area contributed by atoms with E-state index in [1.807, 2.05) is 12.1 Å². The van der Waals surface area contributed by atoms with Crippen molar-refractivity contribution in [3.8, 4) is 0 Å². The van der Waals surface area contributed by atoms with Crippen LogP contribution in [0.1, 0.15) is 43.6 Å². The van der Waals surface area contributed by atoms with Gasteiger partial charge in [-0.2, -0.15) is 0 Å². The number of benzene rings is 1. The normalized spacial score (nSPS) is 18.6. The van der Waals surface area contributed by atoms with E-state index < -0.39 is 0 Å². The van der Waals surface area contributed by atoms with Crippen molar-refractivity contribution < 1.29 is 9.47 Å². The highest BCUT2D eigenvalue weighted by molar-refractivity contribution is 5.57. The van der Waals surface area contributed by atoms with Gasteiger partial charge < -0.3 is 9.47 Å². The highest BCUT2D eigenvalue weighted by Crippen LogP contribution is 2.33. The Bertz CT molecular complexity index is 382. The van der Waals surface area contributed by atoms with E-state index in [9.17, 15) is 0 Å². The molecule has 0 radical (unpaired) electrons. The van der Waals surface area contributed by atoms with Crippen LogP contribution in [0.15, 0.2) is 30.0 Å². The average molecular weight is 218 g/mol. The number of fused-ring (bicyclic) bond motifs is 1. The van der Waals surface area contributed by atoms with Gasteiger partial charge >= 0.3 is 0 Å². The van der Waals surface area contributed by atoms with Crippen LogP contribution in [0.3, 0.4) is 0 Å². The largest absolute Gasteiger partial charge is 0.465 e. The van der Waals surface area contributed by atoms with Gasteiger partial charge in [0.25, 0.3) is 0 Å². The van der Waals surface area contributed by atoms with E-state index in [4.69, 9.17) is 9.47 Å². The Morgan fingerprint density at radius 1 is 1.31 bits per heavy atom. The lowest BCUT2D eigenvalue weighted by Gasteiger charge is -2.25. The summed E-state index contributed by atoms with van der Waals surface area (Å²) in [5, 5.41) is 0. The number of unbranched alkanes of at least 4 members (excludes halogenated alkanes) is 1. The Labute approximate surface area is 96.9 Å². The predicted octanol–water partition coefficient (Wildman–Crippen LogP) is 3.89. The molecule has 1 heterocycles. The van der Waals surface area contributed by atoms with Gasteiger partial charge in [-0.3, -0.25) is 0 Å². The van der Waals surface area contributed by atoms with E-state index in [-0.39, 0.29) is 6.29 Å². The van der Waals surface area contributed by atoms with Crippen LogP contribution in [0.2, 0.25) is 0 Å². The summed E-state index contributed by atoms with van der Waals surface area (Å²) in [6.45, 7) is 2.19. The van der Waals surface area contributed by atoms with Crippen LogP contribution in [-0.4, -0.2) is 7.11 Å². The maximum Gasteiger partial charge on any atom is 0.226 e. The first-order chi connectivity index (χ1) is 7.85. The lowest BCUT2D eigenvalue weighted by atomic mass is 10.0. The molecule has 2 rings (SSSR count). The second kappa shape index (κ2) is 5.17. The van der Waals surface area contributed by atoms with Crippen molar-refractivity contribution in [3.05, 3.63) is 41.2 Å². The number of methoxy groups -OCH3 is 1. The monoisotopic (exact) mass is 218 g/mol. The van der Waals surface area contributed by atoms with E-state index in [1.165, 1.54) is 12.0 Å². The van der Waals surface area contributed by atoms with Crippen molar-refractivity contribution in [1.29, 1.82) is 0 Å². The molecule has 1 aliphatic heterocycles.